The van der Waals surface area contributed by atoms with Crippen LogP contribution in [-0.4, -0.2) is 20.9 Å². The number of phenolic OH excluding ortho intramolecular Hbond substituents is 3. The van der Waals surface area contributed by atoms with Crippen molar-refractivity contribution in [3.63, 3.8) is 0 Å². The fourth-order valence-electron chi connectivity index (χ4n) is 3.12. The number of hydrogen-bond acceptors (Lipinski definition) is 4. The van der Waals surface area contributed by atoms with Gasteiger partial charge in [0.05, 0.1) is 0 Å². The summed E-state index contributed by atoms with van der Waals surface area (Å²) in [6.45, 7) is 16.7. The largest absolute Gasteiger partial charge is 0.504 e. The summed E-state index contributed by atoms with van der Waals surface area (Å²) in [5.41, 5.74) is 3.15. The molecule has 0 amide bonds. The van der Waals surface area contributed by atoms with Crippen molar-refractivity contribution in [1.29, 1.82) is 0 Å². The number of fused-ring (bicyclic) bond motifs is 1. The third-order valence-corrected chi connectivity index (χ3v) is 4.85. The van der Waals surface area contributed by atoms with E-state index in [2.05, 4.69) is 47.6 Å². The van der Waals surface area contributed by atoms with E-state index in [1.807, 2.05) is 26.0 Å². The Kier molecular flexibility index (Phi) is 5.66. The number of phenols is 3. The van der Waals surface area contributed by atoms with Crippen LogP contribution in [0.25, 0.3) is 0 Å². The molecular formula is C24H34O4. The summed E-state index contributed by atoms with van der Waals surface area (Å²) in [5, 5.41) is 28.3. The summed E-state index contributed by atoms with van der Waals surface area (Å²) >= 11 is 0. The molecule has 0 saturated carbocycles. The van der Waals surface area contributed by atoms with Gasteiger partial charge < -0.3 is 20.1 Å². The minimum Gasteiger partial charge on any atom is -0.504 e. The quantitative estimate of drug-likeness (QED) is 0.501. The Bertz CT molecular complexity index is 852. The van der Waals surface area contributed by atoms with Gasteiger partial charge in [-0.3, -0.25) is 0 Å². The molecular weight excluding hydrogens is 352 g/mol. The van der Waals surface area contributed by atoms with Crippen molar-refractivity contribution in [3.05, 3.63) is 47.0 Å². The lowest BCUT2D eigenvalue weighted by Crippen LogP contribution is -2.24. The standard InChI is InChI=1S/C14H20O2.C10H14O2/c1-13(2,3)10-6-9-8-14(4,5)16-12(9)11(15)7-10;1-10(2,3)7-4-5-8(11)9(12)6-7/h6-7,15H,8H2,1-5H3;4-6,11-12H,1-3H3. The van der Waals surface area contributed by atoms with Gasteiger partial charge in [-0.1, -0.05) is 53.7 Å². The monoisotopic (exact) mass is 386 g/mol. The van der Waals surface area contributed by atoms with Gasteiger partial charge in [-0.05, 0) is 54.0 Å². The Hall–Kier alpha value is -2.36. The Labute approximate surface area is 168 Å². The average Bonchev–Trinajstić information content (AvgIpc) is 2.83. The molecule has 1 aliphatic rings. The first-order valence-electron chi connectivity index (χ1n) is 9.68. The predicted molar refractivity (Wildman–Crippen MR) is 114 cm³/mol. The molecule has 0 spiro atoms. The maximum Gasteiger partial charge on any atom is 0.165 e. The van der Waals surface area contributed by atoms with E-state index >= 15 is 0 Å². The molecule has 0 aromatic heterocycles. The number of hydrogen-bond donors (Lipinski definition) is 3. The van der Waals surface area contributed by atoms with Crippen LogP contribution in [0.3, 0.4) is 0 Å². The Balaban J connectivity index is 0.000000209. The molecule has 0 atom stereocenters. The zero-order chi connectivity index (χ0) is 21.5. The highest BCUT2D eigenvalue weighted by Gasteiger charge is 2.33. The van der Waals surface area contributed by atoms with Crippen LogP contribution in [0.2, 0.25) is 0 Å². The first-order valence-corrected chi connectivity index (χ1v) is 9.68. The Morgan fingerprint density at radius 2 is 1.29 bits per heavy atom. The van der Waals surface area contributed by atoms with Crippen LogP contribution >= 0.6 is 0 Å². The van der Waals surface area contributed by atoms with Gasteiger partial charge in [0.2, 0.25) is 0 Å². The van der Waals surface area contributed by atoms with Gasteiger partial charge >= 0.3 is 0 Å². The minimum atomic E-state index is -0.198. The molecule has 2 aromatic carbocycles. The summed E-state index contributed by atoms with van der Waals surface area (Å²) in [6.07, 6.45) is 0.861. The summed E-state index contributed by atoms with van der Waals surface area (Å²) < 4.78 is 5.74. The molecule has 0 aliphatic carbocycles. The van der Waals surface area contributed by atoms with Gasteiger partial charge in [0.1, 0.15) is 5.60 Å². The molecule has 0 radical (unpaired) electrons. The summed E-state index contributed by atoms with van der Waals surface area (Å²) in [5.74, 6) is 0.816. The van der Waals surface area contributed by atoms with Crippen molar-refractivity contribution >= 4 is 0 Å². The highest BCUT2D eigenvalue weighted by Crippen LogP contribution is 2.43. The predicted octanol–water partition coefficient (Wildman–Crippen LogP) is 5.80. The molecule has 3 N–H and O–H groups in total. The molecule has 0 bridgehead atoms. The van der Waals surface area contributed by atoms with E-state index in [1.165, 1.54) is 6.07 Å². The normalized spacial score (nSPS) is 15.3. The zero-order valence-corrected chi connectivity index (χ0v) is 18.3. The number of benzene rings is 2. The third kappa shape index (κ3) is 5.12. The first kappa shape index (κ1) is 21.9. The van der Waals surface area contributed by atoms with Gasteiger partial charge in [-0.15, -0.1) is 0 Å². The van der Waals surface area contributed by atoms with E-state index in [1.54, 1.807) is 6.07 Å². The molecule has 0 saturated heterocycles. The van der Waals surface area contributed by atoms with E-state index in [4.69, 9.17) is 9.84 Å². The summed E-state index contributed by atoms with van der Waals surface area (Å²) in [4.78, 5) is 0. The van der Waals surface area contributed by atoms with E-state index in [0.717, 1.165) is 23.1 Å². The van der Waals surface area contributed by atoms with Gasteiger partial charge in [0.25, 0.3) is 0 Å². The fraction of sp³-hybridized carbons (Fsp3) is 0.500. The fourth-order valence-corrected chi connectivity index (χ4v) is 3.12. The summed E-state index contributed by atoms with van der Waals surface area (Å²) in [7, 11) is 0. The molecule has 2 aromatic rings. The third-order valence-electron chi connectivity index (χ3n) is 4.85. The van der Waals surface area contributed by atoms with Crippen molar-refractivity contribution in [2.75, 3.05) is 0 Å². The second-order valence-corrected chi connectivity index (χ2v) is 10.2. The molecule has 4 heteroatoms. The van der Waals surface area contributed by atoms with Crippen LogP contribution < -0.4 is 4.74 Å². The van der Waals surface area contributed by atoms with E-state index < -0.39 is 0 Å². The van der Waals surface area contributed by atoms with Crippen LogP contribution in [0.4, 0.5) is 0 Å². The molecule has 3 rings (SSSR count). The number of ether oxygens (including phenoxy) is 1. The maximum absolute atomic E-state index is 9.98. The Morgan fingerprint density at radius 3 is 1.79 bits per heavy atom. The number of aromatic hydroxyl groups is 3. The smallest absolute Gasteiger partial charge is 0.165 e. The topological polar surface area (TPSA) is 69.9 Å². The molecule has 0 fully saturated rings. The molecule has 4 nitrogen and oxygen atoms in total. The number of rotatable bonds is 0. The van der Waals surface area contributed by atoms with Crippen molar-refractivity contribution in [2.24, 2.45) is 0 Å². The van der Waals surface area contributed by atoms with E-state index in [-0.39, 0.29) is 33.7 Å². The Morgan fingerprint density at radius 1 is 0.750 bits per heavy atom. The van der Waals surface area contributed by atoms with Gasteiger partial charge in [0, 0.05) is 12.0 Å². The second-order valence-electron chi connectivity index (χ2n) is 10.2. The van der Waals surface area contributed by atoms with Crippen molar-refractivity contribution in [3.8, 4) is 23.0 Å². The van der Waals surface area contributed by atoms with E-state index in [0.29, 0.717) is 5.75 Å². The average molecular weight is 387 g/mol. The first-order chi connectivity index (χ1) is 12.6. The zero-order valence-electron chi connectivity index (χ0n) is 18.3. The molecule has 1 aliphatic heterocycles. The van der Waals surface area contributed by atoms with Crippen LogP contribution in [0.5, 0.6) is 23.0 Å². The van der Waals surface area contributed by atoms with Crippen LogP contribution in [0, 0.1) is 0 Å². The SMILES string of the molecule is CC(C)(C)c1ccc(O)c(O)c1.CC1(C)Cc2cc(C(C)(C)C)cc(O)c2O1. The van der Waals surface area contributed by atoms with Crippen molar-refractivity contribution in [1.82, 2.24) is 0 Å². The minimum absolute atomic E-state index is 0.00514. The lowest BCUT2D eigenvalue weighted by atomic mass is 9.85. The molecule has 28 heavy (non-hydrogen) atoms. The highest BCUT2D eigenvalue weighted by molar-refractivity contribution is 5.53. The molecule has 154 valence electrons. The lowest BCUT2D eigenvalue weighted by molar-refractivity contribution is 0.134. The van der Waals surface area contributed by atoms with Gasteiger partial charge in [-0.2, -0.15) is 0 Å². The molecule has 1 heterocycles. The summed E-state index contributed by atoms with van der Waals surface area (Å²) in [6, 6.07) is 8.89. The van der Waals surface area contributed by atoms with Crippen molar-refractivity contribution in [2.45, 2.75) is 78.2 Å². The van der Waals surface area contributed by atoms with Crippen LogP contribution in [0.1, 0.15) is 72.1 Å². The van der Waals surface area contributed by atoms with Gasteiger partial charge in [0.15, 0.2) is 23.0 Å². The van der Waals surface area contributed by atoms with Gasteiger partial charge in [-0.25, -0.2) is 0 Å². The maximum atomic E-state index is 9.98. The highest BCUT2D eigenvalue weighted by atomic mass is 16.5. The molecule has 0 unspecified atom stereocenters. The lowest BCUT2D eigenvalue weighted by Gasteiger charge is -2.20. The van der Waals surface area contributed by atoms with Crippen LogP contribution in [0.15, 0.2) is 30.3 Å². The second kappa shape index (κ2) is 7.23. The van der Waals surface area contributed by atoms with Crippen molar-refractivity contribution < 1.29 is 20.1 Å². The van der Waals surface area contributed by atoms with E-state index in [9.17, 15) is 10.2 Å². The van der Waals surface area contributed by atoms with Crippen LogP contribution in [-0.2, 0) is 17.3 Å².